The first-order chi connectivity index (χ1) is 6.11. The smallest absolute Gasteiger partial charge is 0.192 e. The van der Waals surface area contributed by atoms with Gasteiger partial charge in [0.2, 0.25) is 0 Å². The molecule has 0 N–H and O–H groups in total. The van der Waals surface area contributed by atoms with Crippen molar-refractivity contribution in [3.8, 4) is 0 Å². The van der Waals surface area contributed by atoms with E-state index in [1.165, 1.54) is 0 Å². The van der Waals surface area contributed by atoms with Crippen LogP contribution in [0.25, 0.3) is 0 Å². The minimum Gasteiger partial charge on any atom is -0.351 e. The van der Waals surface area contributed by atoms with Crippen LogP contribution in [0.2, 0.25) is 0 Å². The lowest BCUT2D eigenvalue weighted by Crippen LogP contribution is -2.02. The molecule has 0 fully saturated rings. The number of thiophene rings is 1. The van der Waals surface area contributed by atoms with Gasteiger partial charge in [0, 0.05) is 18.7 Å². The van der Waals surface area contributed by atoms with Gasteiger partial charge in [0.1, 0.15) is 0 Å². The normalized spacial score (nSPS) is 11.2. The highest BCUT2D eigenvalue weighted by molar-refractivity contribution is 9.13. The molecule has 0 saturated carbocycles. The third kappa shape index (κ3) is 2.33. The van der Waals surface area contributed by atoms with Gasteiger partial charge in [0.15, 0.2) is 6.29 Å². The predicted molar refractivity (Wildman–Crippen MR) is 61.2 cm³/mol. The molecule has 1 aromatic rings. The number of halogens is 2. The summed E-state index contributed by atoms with van der Waals surface area (Å²) in [7, 11) is 3.27. The maximum absolute atomic E-state index is 5.18. The predicted octanol–water partition coefficient (Wildman–Crippen LogP) is 3.87. The summed E-state index contributed by atoms with van der Waals surface area (Å²) in [4.78, 5) is 1.09. The molecular weight excluding hydrogens is 320 g/mol. The van der Waals surface area contributed by atoms with E-state index in [9.17, 15) is 0 Å². The zero-order valence-corrected chi connectivity index (χ0v) is 11.5. The Morgan fingerprint density at radius 2 is 1.77 bits per heavy atom. The second-order valence-corrected chi connectivity index (χ2v) is 5.65. The van der Waals surface area contributed by atoms with Crippen molar-refractivity contribution in [3.05, 3.63) is 18.7 Å². The van der Waals surface area contributed by atoms with Crippen molar-refractivity contribution in [3.63, 3.8) is 0 Å². The molecule has 0 amide bonds. The number of hydrogen-bond acceptors (Lipinski definition) is 3. The fourth-order valence-electron chi connectivity index (χ4n) is 1.01. The van der Waals surface area contributed by atoms with Crippen molar-refractivity contribution in [2.24, 2.45) is 0 Å². The van der Waals surface area contributed by atoms with E-state index in [1.54, 1.807) is 25.6 Å². The summed E-state index contributed by atoms with van der Waals surface area (Å²) >= 11 is 8.55. The Morgan fingerprint density at radius 3 is 2.08 bits per heavy atom. The van der Waals surface area contributed by atoms with Crippen LogP contribution in [-0.2, 0) is 9.47 Å². The van der Waals surface area contributed by atoms with Crippen LogP contribution in [0.5, 0.6) is 0 Å². The number of ether oxygens (including phenoxy) is 2. The van der Waals surface area contributed by atoms with Gasteiger partial charge in [-0.3, -0.25) is 0 Å². The summed E-state index contributed by atoms with van der Waals surface area (Å²) in [5.41, 5.74) is 1.16. The van der Waals surface area contributed by atoms with Crippen LogP contribution in [-0.4, -0.2) is 14.2 Å². The van der Waals surface area contributed by atoms with Gasteiger partial charge in [-0.05, 0) is 44.3 Å². The minimum absolute atomic E-state index is 0.271. The van der Waals surface area contributed by atoms with Crippen LogP contribution < -0.4 is 0 Å². The highest BCUT2D eigenvalue weighted by atomic mass is 79.9. The lowest BCUT2D eigenvalue weighted by molar-refractivity contribution is -0.103. The van der Waals surface area contributed by atoms with Crippen molar-refractivity contribution < 1.29 is 9.47 Å². The highest BCUT2D eigenvalue weighted by Crippen LogP contribution is 2.40. The van der Waals surface area contributed by atoms with Gasteiger partial charge >= 0.3 is 0 Å². The number of rotatable bonds is 3. The minimum atomic E-state index is -0.271. The first-order valence-electron chi connectivity index (χ1n) is 3.61. The topological polar surface area (TPSA) is 18.5 Å². The molecule has 0 aromatic carbocycles. The Morgan fingerprint density at radius 1 is 1.23 bits per heavy atom. The molecule has 0 aliphatic rings. The lowest BCUT2D eigenvalue weighted by Gasteiger charge is -2.12. The molecule has 1 heterocycles. The maximum atomic E-state index is 5.18. The molecule has 1 rings (SSSR count). The Bertz CT molecular complexity index is 295. The van der Waals surface area contributed by atoms with E-state index in [1.807, 2.05) is 6.92 Å². The molecule has 0 radical (unpaired) electrons. The zero-order chi connectivity index (χ0) is 10.0. The van der Waals surface area contributed by atoms with Crippen LogP contribution in [0.3, 0.4) is 0 Å². The van der Waals surface area contributed by atoms with Gasteiger partial charge in [-0.15, -0.1) is 11.3 Å². The van der Waals surface area contributed by atoms with E-state index >= 15 is 0 Å². The van der Waals surface area contributed by atoms with E-state index in [0.717, 1.165) is 18.7 Å². The van der Waals surface area contributed by atoms with Crippen LogP contribution in [0.15, 0.2) is 8.26 Å². The van der Waals surface area contributed by atoms with E-state index in [-0.39, 0.29) is 6.29 Å². The SMILES string of the molecule is COC(OC)c1sc(Br)c(Br)c1C. The molecule has 2 nitrogen and oxygen atoms in total. The van der Waals surface area contributed by atoms with Crippen LogP contribution in [0.4, 0.5) is 0 Å². The average Bonchev–Trinajstić information content (AvgIpc) is 2.36. The quantitative estimate of drug-likeness (QED) is 0.784. The van der Waals surface area contributed by atoms with Gasteiger partial charge in [-0.2, -0.15) is 0 Å². The Kier molecular flexibility index (Phi) is 4.38. The second-order valence-electron chi connectivity index (χ2n) is 2.48. The molecule has 0 bridgehead atoms. The van der Waals surface area contributed by atoms with E-state index in [2.05, 4.69) is 31.9 Å². The fourth-order valence-corrected chi connectivity index (χ4v) is 3.40. The van der Waals surface area contributed by atoms with E-state index in [4.69, 9.17) is 9.47 Å². The fraction of sp³-hybridized carbons (Fsp3) is 0.500. The maximum Gasteiger partial charge on any atom is 0.192 e. The number of methoxy groups -OCH3 is 2. The molecule has 1 aromatic heterocycles. The second kappa shape index (κ2) is 4.89. The summed E-state index contributed by atoms with van der Waals surface area (Å²) in [5.74, 6) is 0. The Labute approximate surface area is 98.5 Å². The van der Waals surface area contributed by atoms with Gasteiger partial charge < -0.3 is 9.47 Å². The van der Waals surface area contributed by atoms with Crippen molar-refractivity contribution in [1.82, 2.24) is 0 Å². The van der Waals surface area contributed by atoms with E-state index in [0.29, 0.717) is 0 Å². The molecule has 0 saturated heterocycles. The molecule has 0 spiro atoms. The summed E-state index contributed by atoms with van der Waals surface area (Å²) in [5, 5.41) is 0. The third-order valence-corrected chi connectivity index (χ3v) is 5.48. The van der Waals surface area contributed by atoms with Crippen LogP contribution in [0, 0.1) is 6.92 Å². The van der Waals surface area contributed by atoms with Gasteiger partial charge in [0.25, 0.3) is 0 Å². The molecule has 0 unspecified atom stereocenters. The van der Waals surface area contributed by atoms with Crippen molar-refractivity contribution in [2.45, 2.75) is 13.2 Å². The van der Waals surface area contributed by atoms with Crippen LogP contribution >= 0.6 is 43.2 Å². The molecule has 0 aliphatic carbocycles. The average molecular weight is 330 g/mol. The monoisotopic (exact) mass is 328 g/mol. The lowest BCUT2D eigenvalue weighted by atomic mass is 10.3. The number of hydrogen-bond donors (Lipinski definition) is 0. The molecule has 0 aliphatic heterocycles. The molecule has 74 valence electrons. The Balaban J connectivity index is 3.06. The summed E-state index contributed by atoms with van der Waals surface area (Å²) in [6.45, 7) is 2.03. The molecule has 5 heteroatoms. The highest BCUT2D eigenvalue weighted by Gasteiger charge is 2.18. The first kappa shape index (κ1) is 11.7. The summed E-state index contributed by atoms with van der Waals surface area (Å²) in [6, 6.07) is 0. The summed E-state index contributed by atoms with van der Waals surface area (Å²) in [6.07, 6.45) is -0.271. The van der Waals surface area contributed by atoms with Crippen LogP contribution in [0.1, 0.15) is 16.7 Å². The largest absolute Gasteiger partial charge is 0.351 e. The van der Waals surface area contributed by atoms with Gasteiger partial charge in [0.05, 0.1) is 8.66 Å². The molecule has 0 atom stereocenters. The summed E-state index contributed by atoms with van der Waals surface area (Å²) < 4.78 is 12.5. The molecule has 13 heavy (non-hydrogen) atoms. The third-order valence-electron chi connectivity index (χ3n) is 1.71. The van der Waals surface area contributed by atoms with Gasteiger partial charge in [-0.25, -0.2) is 0 Å². The standard InChI is InChI=1S/C8H10Br2O2S/c1-4-5(9)7(10)13-6(4)8(11-2)12-3/h8H,1-3H3. The van der Waals surface area contributed by atoms with Crippen molar-refractivity contribution in [2.75, 3.05) is 14.2 Å². The van der Waals surface area contributed by atoms with Crippen molar-refractivity contribution in [1.29, 1.82) is 0 Å². The first-order valence-corrected chi connectivity index (χ1v) is 6.02. The zero-order valence-electron chi connectivity index (χ0n) is 7.56. The molecular formula is C8H10Br2O2S. The van der Waals surface area contributed by atoms with Crippen molar-refractivity contribution >= 4 is 43.2 Å². The van der Waals surface area contributed by atoms with E-state index < -0.39 is 0 Å². The van der Waals surface area contributed by atoms with Gasteiger partial charge in [-0.1, -0.05) is 0 Å². The Hall–Kier alpha value is 0.580.